The maximum absolute atomic E-state index is 12.3. The number of hydrogen-bond donors (Lipinski definition) is 1. The van der Waals surface area contributed by atoms with Crippen LogP contribution in [0.4, 0.5) is 4.79 Å². The molecule has 13 nitrogen and oxygen atoms in total. The molecular formula is C12H15N6NaO7S. The molecule has 0 spiro atoms. The summed E-state index contributed by atoms with van der Waals surface area (Å²) in [6.07, 6.45) is 3.17. The molecule has 0 aliphatic carbocycles. The normalized spacial score (nSPS) is 21.7. The van der Waals surface area contributed by atoms with E-state index in [9.17, 15) is 27.4 Å². The molecule has 3 amide bonds. The number of hydrogen-bond acceptors (Lipinski definition) is 9. The number of nitrogens with zero attached hydrogens (tertiary/aromatic N) is 5. The number of Topliss-reactive ketones (excluding diaryl/α,β-unsaturated/α-hetero) is 1. The Bertz CT molecular complexity index is 816. The molecule has 0 aromatic carbocycles. The van der Waals surface area contributed by atoms with Gasteiger partial charge in [0.25, 0.3) is 0 Å². The molecule has 0 unspecified atom stereocenters. The molecule has 2 saturated heterocycles. The Morgan fingerprint density at radius 1 is 1.37 bits per heavy atom. The summed E-state index contributed by atoms with van der Waals surface area (Å²) < 4.78 is 37.7. The van der Waals surface area contributed by atoms with Crippen LogP contribution in [0.15, 0.2) is 12.7 Å². The minimum Gasteiger partial charge on any atom is -0.724 e. The number of nitrogens with one attached hydrogen (secondary N) is 1. The van der Waals surface area contributed by atoms with Gasteiger partial charge in [0.2, 0.25) is 16.3 Å². The Kier molecular flexibility index (Phi) is 6.93. The quantitative estimate of drug-likeness (QED) is 0.262. The van der Waals surface area contributed by atoms with Gasteiger partial charge in [0.15, 0.2) is 5.78 Å². The predicted molar refractivity (Wildman–Crippen MR) is 79.6 cm³/mol. The largest absolute Gasteiger partial charge is 1.00 e. The van der Waals surface area contributed by atoms with Crippen LogP contribution >= 0.6 is 0 Å². The zero-order valence-corrected chi connectivity index (χ0v) is 17.2. The van der Waals surface area contributed by atoms with Crippen molar-refractivity contribution in [3.8, 4) is 0 Å². The number of ketones is 1. The minimum atomic E-state index is -5.09. The van der Waals surface area contributed by atoms with E-state index in [1.54, 1.807) is 0 Å². The number of carbonyl (C=O) groups is 3. The van der Waals surface area contributed by atoms with Gasteiger partial charge in [0.05, 0.1) is 12.6 Å². The number of piperidine rings is 1. The molecule has 27 heavy (non-hydrogen) atoms. The summed E-state index contributed by atoms with van der Waals surface area (Å²) in [5, 5.41) is 6.72. The molecule has 1 aromatic rings. The van der Waals surface area contributed by atoms with Gasteiger partial charge in [-0.05, 0) is 12.8 Å². The molecular weight excluding hydrogens is 395 g/mol. The first-order chi connectivity index (χ1) is 12.2. The van der Waals surface area contributed by atoms with Crippen LogP contribution in [-0.2, 0) is 30.8 Å². The van der Waals surface area contributed by atoms with Gasteiger partial charge < -0.3 is 14.8 Å². The standard InChI is InChI=1S/C12H16N6O7S.Na/c19-9(5-16-7-13-6-15-16)3-14-11(20)10-2-1-8-4-17(10)12(21)18(8)25-26(22,23)24;/h6-8,10H,1-5H2,(H,14,20)(H,22,23,24);/q;+1/p-1/t8-,10+;/m1./s1. The Hall–Kier alpha value is -1.58. The second-order valence-electron chi connectivity index (χ2n) is 5.84. The number of fused-ring (bicyclic) bond motifs is 2. The summed E-state index contributed by atoms with van der Waals surface area (Å²) in [5.41, 5.74) is 0. The number of hydroxylamine groups is 2. The number of aromatic nitrogens is 3. The number of carbonyl (C=O) groups excluding carboxylic acids is 3. The average molecular weight is 410 g/mol. The van der Waals surface area contributed by atoms with Crippen LogP contribution in [0.1, 0.15) is 12.8 Å². The SMILES string of the molecule is O=C(CNC(=O)[C@@H]1CC[C@@H]2CN1C(=O)N2OS(=O)(=O)[O-])Cn1cncn1.[Na+]. The fourth-order valence-corrected chi connectivity index (χ4v) is 3.34. The summed E-state index contributed by atoms with van der Waals surface area (Å²) in [5.74, 6) is -0.858. The third-order valence-electron chi connectivity index (χ3n) is 4.06. The van der Waals surface area contributed by atoms with Gasteiger partial charge in [-0.2, -0.15) is 14.4 Å². The van der Waals surface area contributed by atoms with Crippen LogP contribution in [-0.4, -0.2) is 80.6 Å². The molecule has 3 heterocycles. The summed E-state index contributed by atoms with van der Waals surface area (Å²) in [6, 6.07) is -2.37. The summed E-state index contributed by atoms with van der Waals surface area (Å²) in [7, 11) is -5.09. The molecule has 1 aromatic heterocycles. The topological polar surface area (TPSA) is 167 Å². The molecule has 2 aliphatic rings. The van der Waals surface area contributed by atoms with Crippen LogP contribution in [0.2, 0.25) is 0 Å². The second kappa shape index (κ2) is 8.62. The molecule has 142 valence electrons. The first kappa shape index (κ1) is 21.7. The van der Waals surface area contributed by atoms with Crippen molar-refractivity contribution in [3.63, 3.8) is 0 Å². The van der Waals surface area contributed by atoms with E-state index < -0.39 is 34.4 Å². The fourth-order valence-electron chi connectivity index (χ4n) is 2.96. The maximum Gasteiger partial charge on any atom is 1.00 e. The molecule has 15 heteroatoms. The number of rotatable bonds is 7. The van der Waals surface area contributed by atoms with E-state index in [1.807, 2.05) is 0 Å². The van der Waals surface area contributed by atoms with E-state index in [2.05, 4.69) is 19.7 Å². The molecule has 2 aliphatic heterocycles. The van der Waals surface area contributed by atoms with Crippen molar-refractivity contribution in [2.45, 2.75) is 31.5 Å². The average Bonchev–Trinajstić information content (AvgIpc) is 3.15. The third-order valence-corrected chi connectivity index (χ3v) is 4.41. The zero-order valence-electron chi connectivity index (χ0n) is 14.3. The first-order valence-corrected chi connectivity index (χ1v) is 8.95. The number of amides is 3. The van der Waals surface area contributed by atoms with Crippen LogP contribution in [0.5, 0.6) is 0 Å². The minimum absolute atomic E-state index is 0. The molecule has 0 saturated carbocycles. The van der Waals surface area contributed by atoms with Gasteiger partial charge in [-0.25, -0.2) is 22.9 Å². The molecule has 0 radical (unpaired) electrons. The molecule has 2 bridgehead atoms. The van der Waals surface area contributed by atoms with Gasteiger partial charge in [0, 0.05) is 6.54 Å². The van der Waals surface area contributed by atoms with Crippen LogP contribution in [0.25, 0.3) is 0 Å². The molecule has 2 atom stereocenters. The van der Waals surface area contributed by atoms with E-state index in [4.69, 9.17) is 0 Å². The van der Waals surface area contributed by atoms with Gasteiger partial charge in [-0.3, -0.25) is 9.59 Å². The maximum atomic E-state index is 12.3. The van der Waals surface area contributed by atoms with Crippen LogP contribution < -0.4 is 34.9 Å². The Morgan fingerprint density at radius 2 is 2.11 bits per heavy atom. The first-order valence-electron chi connectivity index (χ1n) is 7.61. The van der Waals surface area contributed by atoms with E-state index in [-0.39, 0.29) is 67.8 Å². The van der Waals surface area contributed by atoms with Crippen molar-refractivity contribution in [3.05, 3.63) is 12.7 Å². The Morgan fingerprint density at radius 3 is 2.74 bits per heavy atom. The van der Waals surface area contributed by atoms with E-state index in [1.165, 1.54) is 17.3 Å². The molecule has 3 rings (SSSR count). The van der Waals surface area contributed by atoms with Gasteiger partial charge in [-0.15, -0.1) is 0 Å². The second-order valence-corrected chi connectivity index (χ2v) is 6.81. The molecule has 1 N–H and O–H groups in total. The van der Waals surface area contributed by atoms with Crippen LogP contribution in [0.3, 0.4) is 0 Å². The van der Waals surface area contributed by atoms with Crippen molar-refractivity contribution >= 4 is 28.1 Å². The van der Waals surface area contributed by atoms with E-state index >= 15 is 0 Å². The predicted octanol–water partition coefficient (Wildman–Crippen LogP) is -5.37. The number of urea groups is 1. The summed E-state index contributed by atoms with van der Waals surface area (Å²) in [4.78, 5) is 41.1. The van der Waals surface area contributed by atoms with Gasteiger partial charge in [-0.1, -0.05) is 0 Å². The zero-order chi connectivity index (χ0) is 18.9. The third kappa shape index (κ3) is 5.24. The fraction of sp³-hybridized carbons (Fsp3) is 0.583. The van der Waals surface area contributed by atoms with Crippen molar-refractivity contribution in [2.24, 2.45) is 0 Å². The van der Waals surface area contributed by atoms with E-state index in [0.29, 0.717) is 5.06 Å². The van der Waals surface area contributed by atoms with Crippen molar-refractivity contribution in [1.29, 1.82) is 0 Å². The molecule has 2 fully saturated rings. The summed E-state index contributed by atoms with van der Waals surface area (Å²) >= 11 is 0. The smallest absolute Gasteiger partial charge is 0.724 e. The van der Waals surface area contributed by atoms with Gasteiger partial charge >= 0.3 is 35.6 Å². The van der Waals surface area contributed by atoms with Crippen molar-refractivity contribution in [1.82, 2.24) is 30.0 Å². The van der Waals surface area contributed by atoms with Gasteiger partial charge in [0.1, 0.15) is 25.2 Å². The van der Waals surface area contributed by atoms with E-state index in [0.717, 1.165) is 4.90 Å². The van der Waals surface area contributed by atoms with Crippen LogP contribution in [0, 0.1) is 0 Å². The Labute approximate surface area is 176 Å². The monoisotopic (exact) mass is 410 g/mol. The Balaban J connectivity index is 0.00000261. The van der Waals surface area contributed by atoms with Crippen molar-refractivity contribution in [2.75, 3.05) is 13.1 Å². The summed E-state index contributed by atoms with van der Waals surface area (Å²) in [6.45, 7) is -0.256. The van der Waals surface area contributed by atoms with Crippen molar-refractivity contribution < 1.29 is 61.2 Å².